The maximum Gasteiger partial charge on any atom is 0.321 e. The Kier molecular flexibility index (Phi) is 8.42. The van der Waals surface area contributed by atoms with Gasteiger partial charge in [0.15, 0.2) is 0 Å². The number of carboxylic acids is 1. The standard InChI is InChI=1S/C15H27NO11S/c17-1-5(19)7(13-11(23)10(22)8(20)6(2-18)27-13)9(21)12(24)14-16-4(3-28-14)15(25)26/h4-14,16-24H,1-3H2,(H,25,26)/t4-,5-,6+,7+,8-,9+,10-,11+,12+,13-,14+/m0/s1. The van der Waals surface area contributed by atoms with E-state index in [-0.39, 0.29) is 5.75 Å². The molecule has 0 saturated carbocycles. The maximum atomic E-state index is 11.0. The molecule has 0 aromatic carbocycles. The summed E-state index contributed by atoms with van der Waals surface area (Å²) < 4.78 is 5.34. The highest BCUT2D eigenvalue weighted by atomic mass is 32.2. The summed E-state index contributed by atoms with van der Waals surface area (Å²) >= 11 is 1.03. The van der Waals surface area contributed by atoms with Gasteiger partial charge >= 0.3 is 5.97 Å². The molecule has 2 saturated heterocycles. The van der Waals surface area contributed by atoms with E-state index >= 15 is 0 Å². The first-order valence-corrected chi connectivity index (χ1v) is 9.74. The van der Waals surface area contributed by atoms with Crippen LogP contribution in [0.3, 0.4) is 0 Å². The molecular formula is C15H27NO11S. The minimum atomic E-state index is -1.82. The van der Waals surface area contributed by atoms with Gasteiger partial charge in [-0.05, 0) is 0 Å². The van der Waals surface area contributed by atoms with Crippen LogP contribution in [0.2, 0.25) is 0 Å². The number of hydrogen-bond donors (Lipinski definition) is 10. The maximum absolute atomic E-state index is 11.0. The highest BCUT2D eigenvalue weighted by molar-refractivity contribution is 8.00. The molecule has 11 atom stereocenters. The van der Waals surface area contributed by atoms with Gasteiger partial charge in [-0.25, -0.2) is 0 Å². The van der Waals surface area contributed by atoms with Crippen molar-refractivity contribution in [3.8, 4) is 0 Å². The Bertz CT molecular complexity index is 526. The minimum absolute atomic E-state index is 0.122. The summed E-state index contributed by atoms with van der Waals surface area (Å²) in [7, 11) is 0. The molecule has 0 unspecified atom stereocenters. The van der Waals surface area contributed by atoms with Crippen molar-refractivity contribution in [1.29, 1.82) is 0 Å². The first-order chi connectivity index (χ1) is 13.1. The van der Waals surface area contributed by atoms with E-state index in [1.54, 1.807) is 0 Å². The summed E-state index contributed by atoms with van der Waals surface area (Å²) in [5.41, 5.74) is 0. The Hall–Kier alpha value is -0.580. The third-order valence-electron chi connectivity index (χ3n) is 5.10. The van der Waals surface area contributed by atoms with Crippen molar-refractivity contribution in [3.05, 3.63) is 0 Å². The first-order valence-electron chi connectivity index (χ1n) is 8.70. The third kappa shape index (κ3) is 4.76. The Balaban J connectivity index is 2.21. The van der Waals surface area contributed by atoms with Gasteiger partial charge in [0.1, 0.15) is 36.6 Å². The van der Waals surface area contributed by atoms with Crippen LogP contribution < -0.4 is 5.32 Å². The molecule has 12 nitrogen and oxygen atoms in total. The molecule has 0 aromatic heterocycles. The third-order valence-corrected chi connectivity index (χ3v) is 6.40. The van der Waals surface area contributed by atoms with Crippen molar-refractivity contribution in [2.75, 3.05) is 19.0 Å². The van der Waals surface area contributed by atoms with Gasteiger partial charge in [0.2, 0.25) is 0 Å². The molecule has 2 fully saturated rings. The van der Waals surface area contributed by atoms with Gasteiger partial charge in [0, 0.05) is 11.7 Å². The Morgan fingerprint density at radius 3 is 2.25 bits per heavy atom. The number of aliphatic hydroxyl groups is 8. The van der Waals surface area contributed by atoms with Crippen LogP contribution in [0.15, 0.2) is 0 Å². The Morgan fingerprint density at radius 1 is 1.11 bits per heavy atom. The molecule has 13 heteroatoms. The molecule has 2 aliphatic rings. The summed E-state index contributed by atoms with van der Waals surface area (Å²) in [6.07, 6.45) is -13.2. The smallest absolute Gasteiger partial charge is 0.321 e. The van der Waals surface area contributed by atoms with E-state index in [0.29, 0.717) is 0 Å². The average Bonchev–Trinajstić information content (AvgIpc) is 3.17. The zero-order chi connectivity index (χ0) is 21.2. The van der Waals surface area contributed by atoms with Crippen LogP contribution in [0.4, 0.5) is 0 Å². The summed E-state index contributed by atoms with van der Waals surface area (Å²) in [4.78, 5) is 11.0. The molecule has 0 radical (unpaired) electrons. The van der Waals surface area contributed by atoms with Gasteiger partial charge in [-0.3, -0.25) is 10.1 Å². The number of ether oxygens (including phenoxy) is 1. The van der Waals surface area contributed by atoms with Gasteiger partial charge in [-0.15, -0.1) is 11.8 Å². The first kappa shape index (κ1) is 23.7. The van der Waals surface area contributed by atoms with Crippen LogP contribution in [0.5, 0.6) is 0 Å². The van der Waals surface area contributed by atoms with Crippen molar-refractivity contribution in [1.82, 2.24) is 5.32 Å². The molecule has 0 aromatic rings. The van der Waals surface area contributed by atoms with E-state index in [0.717, 1.165) is 11.8 Å². The fourth-order valence-corrected chi connectivity index (χ4v) is 4.71. The Morgan fingerprint density at radius 2 is 1.75 bits per heavy atom. The Labute approximate surface area is 164 Å². The number of aliphatic carboxylic acids is 1. The fraction of sp³-hybridized carbons (Fsp3) is 0.933. The molecule has 0 bridgehead atoms. The van der Waals surface area contributed by atoms with Crippen molar-refractivity contribution in [2.24, 2.45) is 5.92 Å². The average molecular weight is 429 g/mol. The molecule has 0 aliphatic carbocycles. The molecule has 0 amide bonds. The molecule has 2 heterocycles. The number of rotatable bonds is 8. The predicted molar refractivity (Wildman–Crippen MR) is 93.2 cm³/mol. The van der Waals surface area contributed by atoms with E-state index in [1.165, 1.54) is 0 Å². The zero-order valence-corrected chi connectivity index (χ0v) is 15.5. The van der Waals surface area contributed by atoms with Crippen LogP contribution in [0.1, 0.15) is 0 Å². The quantitative estimate of drug-likeness (QED) is 0.174. The number of aliphatic hydroxyl groups excluding tert-OH is 8. The largest absolute Gasteiger partial charge is 0.480 e. The summed E-state index contributed by atoms with van der Waals surface area (Å²) in [6.45, 7) is -1.62. The van der Waals surface area contributed by atoms with Gasteiger partial charge in [-0.2, -0.15) is 0 Å². The lowest BCUT2D eigenvalue weighted by molar-refractivity contribution is -0.261. The second kappa shape index (κ2) is 9.95. The molecule has 2 rings (SSSR count). The van der Waals surface area contributed by atoms with Crippen molar-refractivity contribution < 1.29 is 55.5 Å². The number of thioether (sulfide) groups is 1. The number of carbonyl (C=O) groups is 1. The van der Waals surface area contributed by atoms with Crippen LogP contribution in [0, 0.1) is 5.92 Å². The zero-order valence-electron chi connectivity index (χ0n) is 14.7. The van der Waals surface area contributed by atoms with Gasteiger partial charge in [0.05, 0.1) is 36.9 Å². The van der Waals surface area contributed by atoms with Crippen molar-refractivity contribution in [2.45, 2.75) is 60.2 Å². The van der Waals surface area contributed by atoms with Crippen LogP contribution in [-0.2, 0) is 9.53 Å². The molecule has 164 valence electrons. The fourth-order valence-electron chi connectivity index (χ4n) is 3.45. The molecule has 2 aliphatic heterocycles. The molecule has 0 spiro atoms. The van der Waals surface area contributed by atoms with E-state index in [1.807, 2.05) is 0 Å². The number of hydrogen-bond acceptors (Lipinski definition) is 12. The lowest BCUT2D eigenvalue weighted by Crippen LogP contribution is -2.64. The topological polar surface area (TPSA) is 220 Å². The second-order valence-electron chi connectivity index (χ2n) is 6.91. The predicted octanol–water partition coefficient (Wildman–Crippen LogP) is -5.36. The van der Waals surface area contributed by atoms with E-state index in [4.69, 9.17) is 9.84 Å². The molecular weight excluding hydrogens is 402 g/mol. The molecule has 28 heavy (non-hydrogen) atoms. The van der Waals surface area contributed by atoms with Crippen LogP contribution >= 0.6 is 11.8 Å². The highest BCUT2D eigenvalue weighted by Crippen LogP contribution is 2.33. The van der Waals surface area contributed by atoms with Crippen LogP contribution in [-0.4, -0.2) is 131 Å². The lowest BCUT2D eigenvalue weighted by Gasteiger charge is -2.46. The molecule has 10 N–H and O–H groups in total. The number of nitrogens with one attached hydrogen (secondary N) is 1. The van der Waals surface area contributed by atoms with E-state index < -0.39 is 85.3 Å². The number of carboxylic acid groups (broad SMARTS) is 1. The van der Waals surface area contributed by atoms with Crippen molar-refractivity contribution in [3.63, 3.8) is 0 Å². The minimum Gasteiger partial charge on any atom is -0.480 e. The van der Waals surface area contributed by atoms with Gasteiger partial charge in [-0.1, -0.05) is 0 Å². The monoisotopic (exact) mass is 429 g/mol. The normalized spacial score (nSPS) is 40.6. The summed E-state index contributed by atoms with van der Waals surface area (Å²) in [5.74, 6) is -2.55. The van der Waals surface area contributed by atoms with Gasteiger partial charge < -0.3 is 50.7 Å². The van der Waals surface area contributed by atoms with Gasteiger partial charge in [0.25, 0.3) is 0 Å². The van der Waals surface area contributed by atoms with Crippen molar-refractivity contribution >= 4 is 17.7 Å². The summed E-state index contributed by atoms with van der Waals surface area (Å²) in [5, 5.41) is 90.6. The lowest BCUT2D eigenvalue weighted by atomic mass is 9.80. The van der Waals surface area contributed by atoms with Crippen LogP contribution in [0.25, 0.3) is 0 Å². The SMILES string of the molecule is O=C(O)[C@@H]1CS[C@H]([C@H](O)[C@H](O)[C@H]([C@@H]2O[C@H](CO)[C@H](O)[C@H](O)[C@H]2O)[C@@H](O)CO)N1. The highest BCUT2D eigenvalue weighted by Gasteiger charge is 2.52. The summed E-state index contributed by atoms with van der Waals surface area (Å²) in [6, 6.07) is -0.953. The van der Waals surface area contributed by atoms with E-state index in [2.05, 4.69) is 5.32 Å². The second-order valence-corrected chi connectivity index (χ2v) is 8.09. The van der Waals surface area contributed by atoms with E-state index in [9.17, 15) is 45.6 Å².